The molecule has 1 atom stereocenters. The van der Waals surface area contributed by atoms with Crippen LogP contribution in [0, 0.1) is 6.92 Å². The summed E-state index contributed by atoms with van der Waals surface area (Å²) in [6, 6.07) is 6.66. The van der Waals surface area contributed by atoms with Crippen LogP contribution >= 0.6 is 0 Å². The van der Waals surface area contributed by atoms with Gasteiger partial charge in [0.2, 0.25) is 5.91 Å². The molecule has 0 saturated carbocycles. The SMILES string of the molecule is Cc1cccc(C(CC(=O)N2CCC3(CC2)OCCO3)NC(N)=O)c1. The Morgan fingerprint density at radius 2 is 1.96 bits per heavy atom. The largest absolute Gasteiger partial charge is 0.352 e. The summed E-state index contributed by atoms with van der Waals surface area (Å²) >= 11 is 0. The van der Waals surface area contributed by atoms with Crippen LogP contribution in [0.15, 0.2) is 24.3 Å². The number of benzene rings is 1. The highest BCUT2D eigenvalue weighted by Crippen LogP contribution is 2.32. The molecule has 2 aliphatic heterocycles. The van der Waals surface area contributed by atoms with Crippen LogP contribution in [0.2, 0.25) is 0 Å². The number of nitrogens with one attached hydrogen (secondary N) is 1. The van der Waals surface area contributed by atoms with Crippen LogP contribution in [0.3, 0.4) is 0 Å². The number of hydrogen-bond acceptors (Lipinski definition) is 4. The molecule has 2 fully saturated rings. The molecule has 0 aromatic heterocycles. The number of rotatable bonds is 4. The summed E-state index contributed by atoms with van der Waals surface area (Å²) in [7, 11) is 0. The molecule has 25 heavy (non-hydrogen) atoms. The first kappa shape index (κ1) is 17.7. The Morgan fingerprint density at radius 1 is 1.28 bits per heavy atom. The van der Waals surface area contributed by atoms with Gasteiger partial charge in [-0.15, -0.1) is 0 Å². The summed E-state index contributed by atoms with van der Waals surface area (Å²) in [6.07, 6.45) is 1.54. The van der Waals surface area contributed by atoms with Crippen molar-refractivity contribution < 1.29 is 19.1 Å². The molecule has 0 aliphatic carbocycles. The van der Waals surface area contributed by atoms with E-state index in [1.165, 1.54) is 0 Å². The maximum Gasteiger partial charge on any atom is 0.312 e. The van der Waals surface area contributed by atoms with E-state index in [-0.39, 0.29) is 12.3 Å². The molecule has 136 valence electrons. The maximum atomic E-state index is 12.7. The summed E-state index contributed by atoms with van der Waals surface area (Å²) in [5.41, 5.74) is 7.24. The summed E-state index contributed by atoms with van der Waals surface area (Å²) < 4.78 is 11.4. The Balaban J connectivity index is 1.63. The highest BCUT2D eigenvalue weighted by molar-refractivity contribution is 5.79. The van der Waals surface area contributed by atoms with Gasteiger partial charge in [0.15, 0.2) is 5.79 Å². The van der Waals surface area contributed by atoms with Gasteiger partial charge < -0.3 is 25.4 Å². The number of carbonyl (C=O) groups excluding carboxylic acids is 2. The fourth-order valence-corrected chi connectivity index (χ4v) is 3.50. The van der Waals surface area contributed by atoms with Gasteiger partial charge >= 0.3 is 6.03 Å². The molecule has 1 aromatic carbocycles. The monoisotopic (exact) mass is 347 g/mol. The standard InChI is InChI=1S/C18H25N3O4/c1-13-3-2-4-14(11-13)15(20-17(19)23)12-16(22)21-7-5-18(6-8-21)24-9-10-25-18/h2-4,11,15H,5-10,12H2,1H3,(H3,19,20,23). The number of ether oxygens (including phenoxy) is 2. The van der Waals surface area contributed by atoms with Gasteiger partial charge in [0, 0.05) is 25.9 Å². The smallest absolute Gasteiger partial charge is 0.312 e. The lowest BCUT2D eigenvalue weighted by molar-refractivity contribution is -0.187. The minimum absolute atomic E-state index is 0.00639. The molecule has 1 aromatic rings. The molecule has 7 nitrogen and oxygen atoms in total. The van der Waals surface area contributed by atoms with E-state index in [1.54, 1.807) is 0 Å². The number of amides is 3. The Hall–Kier alpha value is -2.12. The average molecular weight is 347 g/mol. The Morgan fingerprint density at radius 3 is 2.56 bits per heavy atom. The van der Waals surface area contributed by atoms with Gasteiger partial charge in [0.25, 0.3) is 0 Å². The summed E-state index contributed by atoms with van der Waals surface area (Å²) in [4.78, 5) is 25.9. The van der Waals surface area contributed by atoms with Crippen LogP contribution in [0.1, 0.15) is 36.4 Å². The Bertz CT molecular complexity index is 633. The number of piperidine rings is 1. The molecule has 3 amide bonds. The Kier molecular flexibility index (Phi) is 5.24. The third-order valence-electron chi connectivity index (χ3n) is 4.83. The van der Waals surface area contributed by atoms with Crippen molar-refractivity contribution in [1.29, 1.82) is 0 Å². The summed E-state index contributed by atoms with van der Waals surface area (Å²) in [5, 5.41) is 2.68. The van der Waals surface area contributed by atoms with Crippen molar-refractivity contribution in [3.8, 4) is 0 Å². The van der Waals surface area contributed by atoms with Gasteiger partial charge in [-0.2, -0.15) is 0 Å². The van der Waals surface area contributed by atoms with Gasteiger partial charge in [0.1, 0.15) is 0 Å². The molecule has 1 unspecified atom stereocenters. The Labute approximate surface area is 147 Å². The first-order valence-electron chi connectivity index (χ1n) is 8.66. The molecule has 3 rings (SSSR count). The highest BCUT2D eigenvalue weighted by Gasteiger charge is 2.40. The third-order valence-corrected chi connectivity index (χ3v) is 4.83. The lowest BCUT2D eigenvalue weighted by Gasteiger charge is -2.38. The fraction of sp³-hybridized carbons (Fsp3) is 0.556. The van der Waals surface area contributed by atoms with E-state index >= 15 is 0 Å². The van der Waals surface area contributed by atoms with Crippen molar-refractivity contribution in [2.45, 2.75) is 38.0 Å². The van der Waals surface area contributed by atoms with Crippen molar-refractivity contribution in [3.63, 3.8) is 0 Å². The second-order valence-corrected chi connectivity index (χ2v) is 6.67. The predicted octanol–water partition coefficient (Wildman–Crippen LogP) is 1.46. The predicted molar refractivity (Wildman–Crippen MR) is 91.7 cm³/mol. The zero-order valence-corrected chi connectivity index (χ0v) is 14.5. The summed E-state index contributed by atoms with van der Waals surface area (Å²) in [6.45, 7) is 4.39. The number of nitrogens with zero attached hydrogens (tertiary/aromatic N) is 1. The molecule has 2 aliphatic rings. The van der Waals surface area contributed by atoms with E-state index < -0.39 is 17.9 Å². The van der Waals surface area contributed by atoms with Crippen LogP contribution in [0.5, 0.6) is 0 Å². The van der Waals surface area contributed by atoms with E-state index in [2.05, 4.69) is 5.32 Å². The first-order chi connectivity index (χ1) is 12.0. The lowest BCUT2D eigenvalue weighted by atomic mass is 9.99. The van der Waals surface area contributed by atoms with Gasteiger partial charge in [-0.05, 0) is 12.5 Å². The second kappa shape index (κ2) is 7.41. The van der Waals surface area contributed by atoms with Gasteiger partial charge in [-0.25, -0.2) is 4.79 Å². The van der Waals surface area contributed by atoms with Crippen LogP contribution in [-0.4, -0.2) is 48.9 Å². The van der Waals surface area contributed by atoms with Crippen LogP contribution in [0.25, 0.3) is 0 Å². The number of likely N-dealkylation sites (tertiary alicyclic amines) is 1. The van der Waals surface area contributed by atoms with Gasteiger partial charge in [-0.1, -0.05) is 29.8 Å². The fourth-order valence-electron chi connectivity index (χ4n) is 3.50. The number of aryl methyl sites for hydroxylation is 1. The van der Waals surface area contributed by atoms with Gasteiger partial charge in [-0.3, -0.25) is 4.79 Å². The van der Waals surface area contributed by atoms with E-state index in [9.17, 15) is 9.59 Å². The quantitative estimate of drug-likeness (QED) is 0.862. The normalized spacial score (nSPS) is 20.4. The maximum absolute atomic E-state index is 12.7. The van der Waals surface area contributed by atoms with E-state index in [4.69, 9.17) is 15.2 Å². The topological polar surface area (TPSA) is 93.9 Å². The molecular weight excluding hydrogens is 322 g/mol. The molecule has 1 spiro atoms. The van der Waals surface area contributed by atoms with Crippen molar-refractivity contribution in [1.82, 2.24) is 10.2 Å². The number of nitrogens with two attached hydrogens (primary N) is 1. The molecule has 3 N–H and O–H groups in total. The zero-order chi connectivity index (χ0) is 17.9. The van der Waals surface area contributed by atoms with Crippen molar-refractivity contribution >= 4 is 11.9 Å². The van der Waals surface area contributed by atoms with Gasteiger partial charge in [0.05, 0.1) is 25.7 Å². The molecule has 7 heteroatoms. The molecule has 2 saturated heterocycles. The van der Waals surface area contributed by atoms with E-state index in [0.29, 0.717) is 39.1 Å². The van der Waals surface area contributed by atoms with Crippen molar-refractivity contribution in [3.05, 3.63) is 35.4 Å². The lowest BCUT2D eigenvalue weighted by Crippen LogP contribution is -2.48. The molecular formula is C18H25N3O4. The third kappa shape index (κ3) is 4.29. The van der Waals surface area contributed by atoms with Crippen LogP contribution in [-0.2, 0) is 14.3 Å². The second-order valence-electron chi connectivity index (χ2n) is 6.67. The number of carbonyl (C=O) groups is 2. The first-order valence-corrected chi connectivity index (χ1v) is 8.66. The van der Waals surface area contributed by atoms with E-state index in [1.807, 2.05) is 36.1 Å². The molecule has 0 radical (unpaired) electrons. The highest BCUT2D eigenvalue weighted by atomic mass is 16.7. The summed E-state index contributed by atoms with van der Waals surface area (Å²) in [5.74, 6) is -0.508. The van der Waals surface area contributed by atoms with Crippen molar-refractivity contribution in [2.75, 3.05) is 26.3 Å². The van der Waals surface area contributed by atoms with Crippen molar-refractivity contribution in [2.24, 2.45) is 5.73 Å². The average Bonchev–Trinajstić information content (AvgIpc) is 3.02. The van der Waals surface area contributed by atoms with Crippen LogP contribution < -0.4 is 11.1 Å². The van der Waals surface area contributed by atoms with E-state index in [0.717, 1.165) is 11.1 Å². The van der Waals surface area contributed by atoms with Crippen LogP contribution in [0.4, 0.5) is 4.79 Å². The minimum Gasteiger partial charge on any atom is -0.352 e. The number of primary amides is 1. The minimum atomic E-state index is -0.635. The number of urea groups is 1. The molecule has 0 bridgehead atoms. The number of hydrogen-bond donors (Lipinski definition) is 2. The molecule has 2 heterocycles. The zero-order valence-electron chi connectivity index (χ0n) is 14.5.